The number of unbranched alkanes of at least 4 members (excludes halogenated alkanes) is 1. The van der Waals surface area contributed by atoms with Crippen LogP contribution in [0.1, 0.15) is 52.9 Å². The molecule has 0 saturated carbocycles. The van der Waals surface area contributed by atoms with Crippen LogP contribution in [-0.4, -0.2) is 34.4 Å². The number of piperidine rings is 1. The summed E-state index contributed by atoms with van der Waals surface area (Å²) in [4.78, 5) is 14.3. The van der Waals surface area contributed by atoms with Crippen LogP contribution in [0.4, 0.5) is 0 Å². The second-order valence-electron chi connectivity index (χ2n) is 4.74. The number of hydrogen-bond donors (Lipinski definition) is 0. The second kappa shape index (κ2) is 7.21. The van der Waals surface area contributed by atoms with Crippen LogP contribution in [0.2, 0.25) is 0 Å². The number of hydrogen-bond acceptors (Lipinski definition) is 2. The molecule has 1 rings (SSSR count). The lowest BCUT2D eigenvalue weighted by atomic mass is 10.0. The van der Waals surface area contributed by atoms with E-state index in [0.717, 1.165) is 12.3 Å². The average Bonchev–Trinajstić information content (AvgIpc) is 2.29. The Hall–Kier alpha value is -0.180. The number of amides is 1. The van der Waals surface area contributed by atoms with E-state index in [0.29, 0.717) is 11.9 Å². The molecule has 94 valence electrons. The SMILES string of the molecule is CCCCS[C@@H](C)C(=O)N1CCCC[C@H]1C. The highest BCUT2D eigenvalue weighted by Crippen LogP contribution is 2.21. The maximum absolute atomic E-state index is 12.2. The molecule has 0 N–H and O–H groups in total. The van der Waals surface area contributed by atoms with E-state index in [2.05, 4.69) is 25.7 Å². The standard InChI is InChI=1S/C13H25NOS/c1-4-5-10-16-12(3)13(15)14-9-7-6-8-11(14)2/h11-12H,4-10H2,1-3H3/t11-,12+/m1/s1. The van der Waals surface area contributed by atoms with Crippen LogP contribution in [0.15, 0.2) is 0 Å². The first kappa shape index (κ1) is 13.9. The summed E-state index contributed by atoms with van der Waals surface area (Å²) in [5.74, 6) is 1.47. The summed E-state index contributed by atoms with van der Waals surface area (Å²) in [6.07, 6.45) is 6.08. The lowest BCUT2D eigenvalue weighted by molar-refractivity contribution is -0.133. The summed E-state index contributed by atoms with van der Waals surface area (Å²) in [7, 11) is 0. The fraction of sp³-hybridized carbons (Fsp3) is 0.923. The molecule has 1 aliphatic rings. The van der Waals surface area contributed by atoms with Gasteiger partial charge in [-0.05, 0) is 45.3 Å². The van der Waals surface area contributed by atoms with Crippen molar-refractivity contribution < 1.29 is 4.79 Å². The van der Waals surface area contributed by atoms with Gasteiger partial charge >= 0.3 is 0 Å². The summed E-state index contributed by atoms with van der Waals surface area (Å²) in [5.41, 5.74) is 0. The number of carbonyl (C=O) groups excluding carboxylic acids is 1. The fourth-order valence-corrected chi connectivity index (χ4v) is 3.22. The second-order valence-corrected chi connectivity index (χ2v) is 6.19. The van der Waals surface area contributed by atoms with E-state index in [9.17, 15) is 4.79 Å². The van der Waals surface area contributed by atoms with E-state index >= 15 is 0 Å². The van der Waals surface area contributed by atoms with Crippen molar-refractivity contribution in [2.45, 2.75) is 64.2 Å². The number of nitrogens with zero attached hydrogens (tertiary/aromatic N) is 1. The van der Waals surface area contributed by atoms with Crippen LogP contribution in [0, 0.1) is 0 Å². The van der Waals surface area contributed by atoms with Crippen LogP contribution < -0.4 is 0 Å². The van der Waals surface area contributed by atoms with E-state index in [1.807, 2.05) is 11.8 Å². The van der Waals surface area contributed by atoms with E-state index in [4.69, 9.17) is 0 Å². The van der Waals surface area contributed by atoms with Crippen LogP contribution in [0.3, 0.4) is 0 Å². The maximum Gasteiger partial charge on any atom is 0.235 e. The summed E-state index contributed by atoms with van der Waals surface area (Å²) in [6.45, 7) is 7.41. The van der Waals surface area contributed by atoms with Gasteiger partial charge in [-0.3, -0.25) is 4.79 Å². The van der Waals surface area contributed by atoms with Gasteiger partial charge in [0.15, 0.2) is 0 Å². The number of carbonyl (C=O) groups is 1. The minimum Gasteiger partial charge on any atom is -0.339 e. The minimum absolute atomic E-state index is 0.145. The first-order valence-corrected chi connectivity index (χ1v) is 7.63. The molecular formula is C13H25NOS. The summed E-state index contributed by atoms with van der Waals surface area (Å²) in [5, 5.41) is 0.145. The Kier molecular flexibility index (Phi) is 6.25. The summed E-state index contributed by atoms with van der Waals surface area (Å²) in [6, 6.07) is 0.454. The molecule has 0 aromatic carbocycles. The third-order valence-corrected chi connectivity index (χ3v) is 4.53. The third kappa shape index (κ3) is 4.00. The molecule has 0 radical (unpaired) electrons. The molecule has 1 aliphatic heterocycles. The van der Waals surface area contributed by atoms with Gasteiger partial charge in [0.05, 0.1) is 5.25 Å². The predicted octanol–water partition coefficient (Wildman–Crippen LogP) is 3.31. The van der Waals surface area contributed by atoms with Crippen LogP contribution in [-0.2, 0) is 4.79 Å². The monoisotopic (exact) mass is 243 g/mol. The minimum atomic E-state index is 0.145. The highest BCUT2D eigenvalue weighted by atomic mass is 32.2. The maximum atomic E-state index is 12.2. The van der Waals surface area contributed by atoms with Crippen LogP contribution in [0.25, 0.3) is 0 Å². The van der Waals surface area contributed by atoms with Gasteiger partial charge in [-0.25, -0.2) is 0 Å². The predicted molar refractivity (Wildman–Crippen MR) is 71.9 cm³/mol. The lowest BCUT2D eigenvalue weighted by Crippen LogP contribution is -2.45. The Morgan fingerprint density at radius 2 is 2.25 bits per heavy atom. The Bertz CT molecular complexity index is 220. The van der Waals surface area contributed by atoms with E-state index in [1.165, 1.54) is 32.1 Å². The molecule has 16 heavy (non-hydrogen) atoms. The van der Waals surface area contributed by atoms with Gasteiger partial charge in [-0.1, -0.05) is 13.3 Å². The zero-order chi connectivity index (χ0) is 12.0. The molecule has 1 saturated heterocycles. The molecule has 0 spiro atoms. The Labute approximate surface area is 104 Å². The first-order chi connectivity index (χ1) is 7.66. The van der Waals surface area contributed by atoms with Crippen molar-refractivity contribution in [3.05, 3.63) is 0 Å². The van der Waals surface area contributed by atoms with Crippen molar-refractivity contribution in [1.29, 1.82) is 0 Å². The smallest absolute Gasteiger partial charge is 0.235 e. The highest BCUT2D eigenvalue weighted by Gasteiger charge is 2.26. The molecule has 2 nitrogen and oxygen atoms in total. The Morgan fingerprint density at radius 3 is 2.88 bits per heavy atom. The molecule has 2 atom stereocenters. The van der Waals surface area contributed by atoms with E-state index in [-0.39, 0.29) is 5.25 Å². The Balaban J connectivity index is 2.36. The topological polar surface area (TPSA) is 20.3 Å². The number of thioether (sulfide) groups is 1. The van der Waals surface area contributed by atoms with Crippen molar-refractivity contribution in [3.8, 4) is 0 Å². The summed E-state index contributed by atoms with van der Waals surface area (Å²) >= 11 is 1.81. The molecule has 0 aromatic rings. The van der Waals surface area contributed by atoms with Crippen LogP contribution in [0.5, 0.6) is 0 Å². The number of rotatable bonds is 5. The highest BCUT2D eigenvalue weighted by molar-refractivity contribution is 8.00. The van der Waals surface area contributed by atoms with Gasteiger partial charge in [0.25, 0.3) is 0 Å². The van der Waals surface area contributed by atoms with Crippen molar-refractivity contribution >= 4 is 17.7 Å². The van der Waals surface area contributed by atoms with Gasteiger partial charge in [0.2, 0.25) is 5.91 Å². The van der Waals surface area contributed by atoms with Gasteiger partial charge < -0.3 is 4.90 Å². The van der Waals surface area contributed by atoms with Crippen molar-refractivity contribution in [2.75, 3.05) is 12.3 Å². The molecule has 1 fully saturated rings. The summed E-state index contributed by atoms with van der Waals surface area (Å²) < 4.78 is 0. The molecule has 0 aromatic heterocycles. The normalized spacial score (nSPS) is 23.2. The fourth-order valence-electron chi connectivity index (χ4n) is 2.13. The van der Waals surface area contributed by atoms with Gasteiger partial charge in [-0.15, -0.1) is 11.8 Å². The molecule has 0 unspecified atom stereocenters. The van der Waals surface area contributed by atoms with Gasteiger partial charge in [-0.2, -0.15) is 0 Å². The third-order valence-electron chi connectivity index (χ3n) is 3.30. The zero-order valence-electron chi connectivity index (χ0n) is 10.9. The van der Waals surface area contributed by atoms with Crippen molar-refractivity contribution in [3.63, 3.8) is 0 Å². The van der Waals surface area contributed by atoms with Gasteiger partial charge in [0, 0.05) is 12.6 Å². The van der Waals surface area contributed by atoms with Crippen LogP contribution >= 0.6 is 11.8 Å². The van der Waals surface area contributed by atoms with Crippen molar-refractivity contribution in [1.82, 2.24) is 4.90 Å². The van der Waals surface area contributed by atoms with E-state index in [1.54, 1.807) is 0 Å². The molecule has 0 bridgehead atoms. The Morgan fingerprint density at radius 1 is 1.50 bits per heavy atom. The molecule has 0 aliphatic carbocycles. The molecule has 1 heterocycles. The quantitative estimate of drug-likeness (QED) is 0.690. The number of likely N-dealkylation sites (tertiary alicyclic amines) is 1. The lowest BCUT2D eigenvalue weighted by Gasteiger charge is -2.35. The van der Waals surface area contributed by atoms with Gasteiger partial charge in [0.1, 0.15) is 0 Å². The molecular weight excluding hydrogens is 218 g/mol. The molecule has 3 heteroatoms. The zero-order valence-corrected chi connectivity index (χ0v) is 11.7. The van der Waals surface area contributed by atoms with Crippen molar-refractivity contribution in [2.24, 2.45) is 0 Å². The molecule has 1 amide bonds. The van der Waals surface area contributed by atoms with E-state index < -0.39 is 0 Å². The largest absolute Gasteiger partial charge is 0.339 e. The first-order valence-electron chi connectivity index (χ1n) is 6.59. The average molecular weight is 243 g/mol.